The van der Waals surface area contributed by atoms with Crippen LogP contribution >= 0.6 is 23.2 Å². The van der Waals surface area contributed by atoms with Gasteiger partial charge in [-0.15, -0.1) is 11.6 Å². The topological polar surface area (TPSA) is 87.2 Å². The lowest BCUT2D eigenvalue weighted by molar-refractivity contribution is -0.137. The molecule has 5 rings (SSSR count). The third-order valence-corrected chi connectivity index (χ3v) is 10.6. The fourth-order valence-corrected chi connectivity index (χ4v) is 8.17. The maximum atomic E-state index is 15.2. The summed E-state index contributed by atoms with van der Waals surface area (Å²) >= 11 is 13.5. The third kappa shape index (κ3) is 5.24. The fourth-order valence-electron chi connectivity index (χ4n) is 6.26. The van der Waals surface area contributed by atoms with E-state index in [9.17, 15) is 21.6 Å². The smallest absolute Gasteiger partial charge is 0.379 e. The Bertz CT molecular complexity index is 1570. The normalized spacial score (nSPS) is 27.8. The summed E-state index contributed by atoms with van der Waals surface area (Å²) in [6.07, 6.45) is -1.09. The molecular formula is C27H27Cl2F4N5O2S. The zero-order chi connectivity index (χ0) is 30.0. The number of halogens is 6. The number of sulfonamides is 1. The molecule has 0 saturated heterocycles. The quantitative estimate of drug-likeness (QED) is 0.240. The number of rotatable bonds is 7. The first-order valence-electron chi connectivity index (χ1n) is 12.7. The second-order valence-electron chi connectivity index (χ2n) is 10.9. The molecule has 41 heavy (non-hydrogen) atoms. The lowest BCUT2D eigenvalue weighted by Crippen LogP contribution is -2.49. The van der Waals surface area contributed by atoms with Crippen LogP contribution in [0.4, 0.5) is 29.1 Å². The highest BCUT2D eigenvalue weighted by atomic mass is 35.5. The maximum Gasteiger partial charge on any atom is 0.416 e. The first-order valence-corrected chi connectivity index (χ1v) is 14.9. The van der Waals surface area contributed by atoms with E-state index in [2.05, 4.69) is 20.0 Å². The number of likely N-dealkylation sites (N-methyl/N-ethyl adjacent to an activating group) is 1. The monoisotopic (exact) mass is 631 g/mol. The van der Waals surface area contributed by atoms with E-state index in [0.717, 1.165) is 24.5 Å². The summed E-state index contributed by atoms with van der Waals surface area (Å²) in [5, 5.41) is 3.24. The number of fused-ring (bicyclic) bond motifs is 1. The number of anilines is 2. The first-order chi connectivity index (χ1) is 19.1. The molecule has 2 aliphatic carbocycles. The largest absolute Gasteiger partial charge is 0.416 e. The van der Waals surface area contributed by atoms with E-state index in [4.69, 9.17) is 23.2 Å². The summed E-state index contributed by atoms with van der Waals surface area (Å²) in [5.41, 5.74) is -0.696. The van der Waals surface area contributed by atoms with Crippen molar-refractivity contribution in [3.63, 3.8) is 0 Å². The van der Waals surface area contributed by atoms with E-state index in [1.54, 1.807) is 6.07 Å². The third-order valence-electron chi connectivity index (χ3n) is 8.36. The Kier molecular flexibility index (Phi) is 7.45. The standard InChI is InChI=1S/C27H27Cl2F4N5O2S/c1-25(29)23-12-20(21(38(2)3)13-26(23,25)15-5-4-6-16(9-15)27(31,32)33)36-19-11-18(30)22(10-17(19)28)41(39,40)37-24-7-8-34-14-35-24/h4-11,14,20-21,23,36H,12-13H2,1-3H3,(H,34,35,37)/t20?,21?,23-,25?,26+/m0/s1. The number of aromatic nitrogens is 2. The first kappa shape index (κ1) is 29.8. The van der Waals surface area contributed by atoms with Gasteiger partial charge in [-0.1, -0.05) is 29.8 Å². The number of hydrogen-bond acceptors (Lipinski definition) is 6. The van der Waals surface area contributed by atoms with E-state index in [-0.39, 0.29) is 34.5 Å². The Labute approximate surface area is 245 Å². The van der Waals surface area contributed by atoms with Crippen molar-refractivity contribution in [2.24, 2.45) is 5.92 Å². The molecule has 3 unspecified atom stereocenters. The van der Waals surface area contributed by atoms with Crippen LogP contribution < -0.4 is 10.0 Å². The van der Waals surface area contributed by atoms with E-state index in [1.807, 2.05) is 25.9 Å². The molecule has 0 bridgehead atoms. The highest BCUT2D eigenvalue weighted by molar-refractivity contribution is 7.92. The van der Waals surface area contributed by atoms with Crippen molar-refractivity contribution < 1.29 is 26.0 Å². The molecule has 0 aliphatic heterocycles. The molecule has 14 heteroatoms. The van der Waals surface area contributed by atoms with Crippen LogP contribution in [-0.4, -0.2) is 54.3 Å². The van der Waals surface area contributed by atoms with Crippen molar-refractivity contribution >= 4 is 44.7 Å². The van der Waals surface area contributed by atoms with Gasteiger partial charge >= 0.3 is 6.18 Å². The van der Waals surface area contributed by atoms with Crippen LogP contribution in [0.15, 0.2) is 59.9 Å². The predicted molar refractivity (Wildman–Crippen MR) is 149 cm³/mol. The van der Waals surface area contributed by atoms with Crippen LogP contribution in [0.25, 0.3) is 0 Å². The second kappa shape index (κ2) is 10.3. The van der Waals surface area contributed by atoms with E-state index >= 15 is 4.39 Å². The maximum absolute atomic E-state index is 15.2. The summed E-state index contributed by atoms with van der Waals surface area (Å²) in [7, 11) is -0.642. The Hall–Kier alpha value is -2.67. The number of benzene rings is 2. The van der Waals surface area contributed by atoms with E-state index in [1.165, 1.54) is 24.4 Å². The van der Waals surface area contributed by atoms with Crippen molar-refractivity contribution in [2.75, 3.05) is 24.1 Å². The minimum atomic E-state index is -4.48. The van der Waals surface area contributed by atoms with Crippen LogP contribution in [0.1, 0.15) is 30.9 Å². The van der Waals surface area contributed by atoms with Gasteiger partial charge in [0.1, 0.15) is 22.9 Å². The van der Waals surface area contributed by atoms with Gasteiger partial charge in [0.2, 0.25) is 0 Å². The van der Waals surface area contributed by atoms with Crippen LogP contribution in [-0.2, 0) is 21.6 Å². The summed E-state index contributed by atoms with van der Waals surface area (Å²) in [5.74, 6) is -1.23. The van der Waals surface area contributed by atoms with Gasteiger partial charge in [-0.2, -0.15) is 13.2 Å². The van der Waals surface area contributed by atoms with Crippen molar-refractivity contribution in [1.29, 1.82) is 0 Å². The zero-order valence-corrected chi connectivity index (χ0v) is 24.5. The molecular weight excluding hydrogens is 605 g/mol. The van der Waals surface area contributed by atoms with Crippen molar-refractivity contribution in [2.45, 2.75) is 53.2 Å². The van der Waals surface area contributed by atoms with Gasteiger partial charge in [0.05, 0.1) is 21.1 Å². The zero-order valence-electron chi connectivity index (χ0n) is 22.2. The van der Waals surface area contributed by atoms with Gasteiger partial charge in [-0.05, 0) is 69.6 Å². The molecule has 1 aromatic heterocycles. The summed E-state index contributed by atoms with van der Waals surface area (Å²) in [6.45, 7) is 1.84. The second-order valence-corrected chi connectivity index (χ2v) is 13.7. The summed E-state index contributed by atoms with van der Waals surface area (Å²) in [4.78, 5) is 7.99. The molecule has 2 aromatic carbocycles. The Morgan fingerprint density at radius 3 is 2.51 bits per heavy atom. The number of hydrogen-bond donors (Lipinski definition) is 2. The molecule has 2 N–H and O–H groups in total. The molecule has 2 fully saturated rings. The van der Waals surface area contributed by atoms with E-state index < -0.39 is 42.8 Å². The molecule has 7 nitrogen and oxygen atoms in total. The Morgan fingerprint density at radius 2 is 1.88 bits per heavy atom. The van der Waals surface area contributed by atoms with Gasteiger partial charge in [0.15, 0.2) is 0 Å². The number of nitrogens with zero attached hydrogens (tertiary/aromatic N) is 3. The Balaban J connectivity index is 1.43. The van der Waals surface area contributed by atoms with Crippen LogP contribution in [0.3, 0.4) is 0 Å². The molecule has 2 saturated carbocycles. The average Bonchev–Trinajstić information content (AvgIpc) is 3.39. The molecule has 0 radical (unpaired) electrons. The van der Waals surface area contributed by atoms with Crippen LogP contribution in [0.2, 0.25) is 5.02 Å². The highest BCUT2D eigenvalue weighted by Crippen LogP contribution is 2.73. The molecule has 3 aromatic rings. The van der Waals surface area contributed by atoms with Gasteiger partial charge in [-0.3, -0.25) is 4.72 Å². The molecule has 220 valence electrons. The lowest BCUT2D eigenvalue weighted by Gasteiger charge is -2.41. The van der Waals surface area contributed by atoms with Gasteiger partial charge in [0.25, 0.3) is 10.0 Å². The minimum Gasteiger partial charge on any atom is -0.379 e. The SMILES string of the molecule is CN(C)C1C[C@@]2(c3cccc(C(F)(F)F)c3)[C@@H](CC1Nc1cc(F)c(S(=O)(=O)Nc3ccncn3)cc1Cl)C2(C)Cl. The molecule has 0 spiro atoms. The lowest BCUT2D eigenvalue weighted by atomic mass is 9.76. The van der Waals surface area contributed by atoms with Crippen molar-refractivity contribution in [3.05, 3.63) is 77.0 Å². The predicted octanol–water partition coefficient (Wildman–Crippen LogP) is 6.16. The number of alkyl halides is 4. The van der Waals surface area contributed by atoms with Crippen LogP contribution in [0.5, 0.6) is 0 Å². The van der Waals surface area contributed by atoms with E-state index in [0.29, 0.717) is 18.4 Å². The minimum absolute atomic E-state index is 0.0221. The molecule has 1 heterocycles. The van der Waals surface area contributed by atoms with Gasteiger partial charge in [-0.25, -0.2) is 22.8 Å². The molecule has 5 atom stereocenters. The van der Waals surface area contributed by atoms with Gasteiger partial charge in [0, 0.05) is 23.7 Å². The fraction of sp³-hybridized carbons (Fsp3) is 0.407. The molecule has 0 amide bonds. The summed E-state index contributed by atoms with van der Waals surface area (Å²) in [6, 6.07) is 8.15. The van der Waals surface area contributed by atoms with Gasteiger partial charge < -0.3 is 10.2 Å². The van der Waals surface area contributed by atoms with Crippen molar-refractivity contribution in [1.82, 2.24) is 14.9 Å². The van der Waals surface area contributed by atoms with Crippen LogP contribution in [0, 0.1) is 11.7 Å². The highest BCUT2D eigenvalue weighted by Gasteiger charge is 2.76. The summed E-state index contributed by atoms with van der Waals surface area (Å²) < 4.78 is 83.5. The molecule has 2 aliphatic rings. The van der Waals surface area contributed by atoms with Crippen molar-refractivity contribution in [3.8, 4) is 0 Å². The Morgan fingerprint density at radius 1 is 1.15 bits per heavy atom. The number of nitrogens with one attached hydrogen (secondary N) is 2. The average molecular weight is 633 g/mol.